The molecule has 0 aliphatic rings. The molecule has 0 heterocycles. The standard InChI is InChI=1S/C19H15ClN/c20-19(16-10-4-1-5-11-16)21(17-12-6-2-7-13-17)18-14-8-3-9-15-18/h1-15H/q+1. The average Bonchev–Trinajstić information content (AvgIpc) is 2.58. The van der Waals surface area contributed by atoms with Gasteiger partial charge in [-0.25, -0.2) is 0 Å². The van der Waals surface area contributed by atoms with E-state index in [0.717, 1.165) is 16.9 Å². The minimum atomic E-state index is 0.688. The lowest BCUT2D eigenvalue weighted by atomic mass is 10.2. The molecule has 0 N–H and O–H groups in total. The highest BCUT2D eigenvalue weighted by atomic mass is 35.5. The maximum Gasteiger partial charge on any atom is 0.288 e. The molecule has 1 nitrogen and oxygen atoms in total. The number of para-hydroxylation sites is 2. The Kier molecular flexibility index (Phi) is 4.13. The molecule has 0 fully saturated rings. The number of rotatable bonds is 3. The third-order valence-corrected chi connectivity index (χ3v) is 3.62. The van der Waals surface area contributed by atoms with Gasteiger partial charge in [-0.05, 0) is 23.7 Å². The number of halogens is 1. The molecule has 0 unspecified atom stereocenters. The largest absolute Gasteiger partial charge is 0.288 e. The molecule has 0 spiro atoms. The first-order valence-electron chi connectivity index (χ1n) is 6.84. The van der Waals surface area contributed by atoms with E-state index in [4.69, 9.17) is 11.6 Å². The third kappa shape index (κ3) is 3.04. The normalized spacial score (nSPS) is 10.1. The van der Waals surface area contributed by atoms with Gasteiger partial charge in [-0.3, -0.25) is 0 Å². The molecule has 3 rings (SSSR count). The lowest BCUT2D eigenvalue weighted by Gasteiger charge is -2.05. The Bertz CT molecular complexity index is 693. The quantitative estimate of drug-likeness (QED) is 0.461. The van der Waals surface area contributed by atoms with Crippen LogP contribution in [0.1, 0.15) is 5.56 Å². The summed E-state index contributed by atoms with van der Waals surface area (Å²) in [6.45, 7) is 0. The molecule has 102 valence electrons. The first-order chi connectivity index (χ1) is 10.4. The van der Waals surface area contributed by atoms with E-state index in [-0.39, 0.29) is 0 Å². The Balaban J connectivity index is 2.22. The van der Waals surface area contributed by atoms with Crippen LogP contribution in [0.4, 0.5) is 11.4 Å². The predicted octanol–water partition coefficient (Wildman–Crippen LogP) is 5.21. The molecule has 2 heteroatoms. The summed E-state index contributed by atoms with van der Waals surface area (Å²) in [4.78, 5) is 0. The molecular formula is C19H15ClN+. The van der Waals surface area contributed by atoms with Gasteiger partial charge in [0.15, 0.2) is 0 Å². The van der Waals surface area contributed by atoms with Gasteiger partial charge in [0.05, 0.1) is 5.56 Å². The molecule has 0 saturated heterocycles. The number of hydrogen-bond acceptors (Lipinski definition) is 0. The third-order valence-electron chi connectivity index (χ3n) is 3.24. The van der Waals surface area contributed by atoms with E-state index in [0.29, 0.717) is 5.17 Å². The smallest absolute Gasteiger partial charge is 0.143 e. The van der Waals surface area contributed by atoms with Crippen molar-refractivity contribution in [3.8, 4) is 0 Å². The zero-order valence-corrected chi connectivity index (χ0v) is 12.2. The topological polar surface area (TPSA) is 3.01 Å². The van der Waals surface area contributed by atoms with Crippen LogP contribution in [0.2, 0.25) is 0 Å². The van der Waals surface area contributed by atoms with Crippen LogP contribution in [-0.2, 0) is 0 Å². The van der Waals surface area contributed by atoms with E-state index < -0.39 is 0 Å². The van der Waals surface area contributed by atoms with Gasteiger partial charge in [0.1, 0.15) is 0 Å². The Hall–Kier alpha value is -2.38. The van der Waals surface area contributed by atoms with Gasteiger partial charge in [0.25, 0.3) is 5.17 Å². The van der Waals surface area contributed by atoms with Crippen molar-refractivity contribution >= 4 is 28.1 Å². The van der Waals surface area contributed by atoms with Crippen LogP contribution in [0.15, 0.2) is 91.0 Å². The molecule has 0 saturated carbocycles. The first-order valence-corrected chi connectivity index (χ1v) is 7.22. The van der Waals surface area contributed by atoms with E-state index in [1.165, 1.54) is 0 Å². The fourth-order valence-electron chi connectivity index (χ4n) is 2.23. The summed E-state index contributed by atoms with van der Waals surface area (Å²) in [5.74, 6) is 0. The summed E-state index contributed by atoms with van der Waals surface area (Å²) in [5, 5.41) is 0.688. The second-order valence-electron chi connectivity index (χ2n) is 4.66. The highest BCUT2D eigenvalue weighted by Crippen LogP contribution is 2.23. The van der Waals surface area contributed by atoms with Crippen molar-refractivity contribution in [3.05, 3.63) is 96.6 Å². The van der Waals surface area contributed by atoms with E-state index in [9.17, 15) is 0 Å². The van der Waals surface area contributed by atoms with Gasteiger partial charge in [-0.2, -0.15) is 0 Å². The zero-order valence-electron chi connectivity index (χ0n) is 11.5. The minimum absolute atomic E-state index is 0.688. The van der Waals surface area contributed by atoms with Crippen LogP contribution < -0.4 is 4.58 Å². The maximum absolute atomic E-state index is 6.68. The van der Waals surface area contributed by atoms with Gasteiger partial charge in [-0.15, -0.1) is 4.58 Å². The monoisotopic (exact) mass is 292 g/mol. The molecule has 0 amide bonds. The summed E-state index contributed by atoms with van der Waals surface area (Å²) in [5.41, 5.74) is 3.07. The van der Waals surface area contributed by atoms with Crippen molar-refractivity contribution in [1.29, 1.82) is 0 Å². The van der Waals surface area contributed by atoms with Crippen LogP contribution in [0.3, 0.4) is 0 Å². The summed E-state index contributed by atoms with van der Waals surface area (Å²) < 4.78 is 2.05. The average molecular weight is 293 g/mol. The van der Waals surface area contributed by atoms with Gasteiger partial charge in [-0.1, -0.05) is 54.6 Å². The summed E-state index contributed by atoms with van der Waals surface area (Å²) >= 11 is 6.68. The molecule has 0 aliphatic carbocycles. The van der Waals surface area contributed by atoms with Crippen LogP contribution >= 0.6 is 11.6 Å². The molecular weight excluding hydrogens is 278 g/mol. The van der Waals surface area contributed by atoms with E-state index in [2.05, 4.69) is 28.8 Å². The fraction of sp³-hybridized carbons (Fsp3) is 0. The van der Waals surface area contributed by atoms with Gasteiger partial charge >= 0.3 is 0 Å². The molecule has 21 heavy (non-hydrogen) atoms. The molecule has 0 aliphatic heterocycles. The Morgan fingerprint density at radius 2 is 0.952 bits per heavy atom. The summed E-state index contributed by atoms with van der Waals surface area (Å²) in [6, 6.07) is 30.3. The lowest BCUT2D eigenvalue weighted by Crippen LogP contribution is -2.13. The predicted molar refractivity (Wildman–Crippen MR) is 90.7 cm³/mol. The van der Waals surface area contributed by atoms with Crippen LogP contribution in [0.25, 0.3) is 0 Å². The molecule has 3 aromatic rings. The van der Waals surface area contributed by atoms with E-state index in [1.54, 1.807) is 0 Å². The van der Waals surface area contributed by atoms with Crippen molar-refractivity contribution in [1.82, 2.24) is 4.58 Å². The minimum Gasteiger partial charge on any atom is -0.143 e. The van der Waals surface area contributed by atoms with Crippen LogP contribution in [0.5, 0.6) is 0 Å². The molecule has 0 aromatic heterocycles. The SMILES string of the molecule is ClC(c1ccccc1)=[N+](c1ccccc1)c1ccccc1. The Morgan fingerprint density at radius 1 is 0.571 bits per heavy atom. The van der Waals surface area contributed by atoms with Crippen molar-refractivity contribution in [2.24, 2.45) is 0 Å². The summed E-state index contributed by atoms with van der Waals surface area (Å²) in [7, 11) is 0. The van der Waals surface area contributed by atoms with Gasteiger partial charge in [0, 0.05) is 24.3 Å². The molecule has 0 bridgehead atoms. The lowest BCUT2D eigenvalue weighted by molar-refractivity contribution is 1.09. The Labute approximate surface area is 129 Å². The second kappa shape index (κ2) is 6.38. The second-order valence-corrected chi connectivity index (χ2v) is 5.02. The van der Waals surface area contributed by atoms with Crippen LogP contribution in [0, 0.1) is 0 Å². The maximum atomic E-state index is 6.68. The van der Waals surface area contributed by atoms with Crippen LogP contribution in [-0.4, -0.2) is 5.17 Å². The number of nitrogens with zero attached hydrogens (tertiary/aromatic N) is 1. The van der Waals surface area contributed by atoms with Gasteiger partial charge < -0.3 is 0 Å². The van der Waals surface area contributed by atoms with E-state index >= 15 is 0 Å². The van der Waals surface area contributed by atoms with Crippen molar-refractivity contribution in [2.45, 2.75) is 0 Å². The first kappa shape index (κ1) is 13.6. The molecule has 0 atom stereocenters. The van der Waals surface area contributed by atoms with Crippen molar-refractivity contribution in [2.75, 3.05) is 0 Å². The highest BCUT2D eigenvalue weighted by molar-refractivity contribution is 6.70. The van der Waals surface area contributed by atoms with Gasteiger partial charge in [0.2, 0.25) is 11.4 Å². The fourth-order valence-corrected chi connectivity index (χ4v) is 2.56. The number of hydrogen-bond donors (Lipinski definition) is 0. The molecule has 3 aromatic carbocycles. The number of benzene rings is 3. The Morgan fingerprint density at radius 3 is 1.38 bits per heavy atom. The highest BCUT2D eigenvalue weighted by Gasteiger charge is 2.20. The molecule has 0 radical (unpaired) electrons. The van der Waals surface area contributed by atoms with E-state index in [1.807, 2.05) is 66.7 Å². The zero-order chi connectivity index (χ0) is 14.5. The van der Waals surface area contributed by atoms with Crippen molar-refractivity contribution < 1.29 is 0 Å². The summed E-state index contributed by atoms with van der Waals surface area (Å²) in [6.07, 6.45) is 0. The van der Waals surface area contributed by atoms with Crippen molar-refractivity contribution in [3.63, 3.8) is 0 Å².